The van der Waals surface area contributed by atoms with Gasteiger partial charge in [-0.25, -0.2) is 0 Å². The van der Waals surface area contributed by atoms with Crippen molar-refractivity contribution in [2.45, 2.75) is 19.3 Å². The maximum Gasteiger partial charge on any atom is 0.305 e. The van der Waals surface area contributed by atoms with E-state index in [1.807, 2.05) is 24.3 Å². The van der Waals surface area contributed by atoms with Gasteiger partial charge in [0.2, 0.25) is 0 Å². The van der Waals surface area contributed by atoms with Gasteiger partial charge >= 0.3 is 5.97 Å². The Bertz CT molecular complexity index is 335. The van der Waals surface area contributed by atoms with Crippen LogP contribution >= 0.6 is 11.6 Å². The number of hydrogen-bond donors (Lipinski definition) is 0. The standard InChI is InChI=1S/C13H17ClO3/c1-16-13(15)4-2-3-11-5-7-12(8-6-11)17-10-9-14/h5-8H,2-4,9-10H2,1H3. The number of hydrogen-bond acceptors (Lipinski definition) is 3. The molecule has 0 radical (unpaired) electrons. The normalized spacial score (nSPS) is 10.0. The van der Waals surface area contributed by atoms with E-state index < -0.39 is 0 Å². The monoisotopic (exact) mass is 256 g/mol. The van der Waals surface area contributed by atoms with Gasteiger partial charge in [-0.15, -0.1) is 11.6 Å². The molecule has 0 saturated carbocycles. The molecule has 0 aromatic heterocycles. The zero-order chi connectivity index (χ0) is 12.5. The lowest BCUT2D eigenvalue weighted by molar-refractivity contribution is -0.140. The molecule has 0 aliphatic carbocycles. The molecule has 17 heavy (non-hydrogen) atoms. The van der Waals surface area contributed by atoms with E-state index in [-0.39, 0.29) is 5.97 Å². The number of carbonyl (C=O) groups excluding carboxylic acids is 1. The summed E-state index contributed by atoms with van der Waals surface area (Å²) in [5.41, 5.74) is 1.19. The Kier molecular flexibility index (Phi) is 6.48. The first-order chi connectivity index (χ1) is 8.26. The van der Waals surface area contributed by atoms with Gasteiger partial charge in [0.25, 0.3) is 0 Å². The van der Waals surface area contributed by atoms with Crippen LogP contribution in [0.5, 0.6) is 5.75 Å². The van der Waals surface area contributed by atoms with Gasteiger partial charge in [0.1, 0.15) is 12.4 Å². The predicted octanol–water partition coefficient (Wildman–Crippen LogP) is 2.80. The molecule has 0 unspecified atom stereocenters. The molecule has 0 saturated heterocycles. The number of carbonyl (C=O) groups is 1. The SMILES string of the molecule is COC(=O)CCCc1ccc(OCCCl)cc1. The second-order valence-corrected chi connectivity index (χ2v) is 3.99. The molecule has 1 aromatic carbocycles. The molecule has 1 aromatic rings. The smallest absolute Gasteiger partial charge is 0.305 e. The third-order valence-corrected chi connectivity index (χ3v) is 2.50. The van der Waals surface area contributed by atoms with Crippen LogP contribution in [-0.4, -0.2) is 25.6 Å². The molecule has 0 spiro atoms. The largest absolute Gasteiger partial charge is 0.492 e. The fourth-order valence-electron chi connectivity index (χ4n) is 1.45. The number of ether oxygens (including phenoxy) is 2. The van der Waals surface area contributed by atoms with E-state index in [0.717, 1.165) is 18.6 Å². The predicted molar refractivity (Wildman–Crippen MR) is 67.6 cm³/mol. The molecular formula is C13H17ClO3. The Morgan fingerprint density at radius 3 is 2.59 bits per heavy atom. The summed E-state index contributed by atoms with van der Waals surface area (Å²) in [4.78, 5) is 10.9. The van der Waals surface area contributed by atoms with Crippen molar-refractivity contribution >= 4 is 17.6 Å². The lowest BCUT2D eigenvalue weighted by Gasteiger charge is -2.05. The van der Waals surface area contributed by atoms with E-state index in [1.165, 1.54) is 12.7 Å². The van der Waals surface area contributed by atoms with Crippen molar-refractivity contribution in [1.82, 2.24) is 0 Å². The topological polar surface area (TPSA) is 35.5 Å². The Morgan fingerprint density at radius 1 is 1.29 bits per heavy atom. The van der Waals surface area contributed by atoms with Gasteiger partial charge in [0.05, 0.1) is 13.0 Å². The highest BCUT2D eigenvalue weighted by atomic mass is 35.5. The number of alkyl halides is 1. The van der Waals surface area contributed by atoms with Gasteiger partial charge in [-0.1, -0.05) is 12.1 Å². The fraction of sp³-hybridized carbons (Fsp3) is 0.462. The zero-order valence-corrected chi connectivity index (χ0v) is 10.7. The third kappa shape index (κ3) is 5.59. The minimum atomic E-state index is -0.160. The van der Waals surface area contributed by atoms with Gasteiger partial charge < -0.3 is 9.47 Å². The summed E-state index contributed by atoms with van der Waals surface area (Å²) in [6.07, 6.45) is 2.13. The second kappa shape index (κ2) is 7.96. The highest BCUT2D eigenvalue weighted by Gasteiger charge is 2.01. The average Bonchev–Trinajstić information content (AvgIpc) is 2.37. The van der Waals surface area contributed by atoms with Gasteiger partial charge in [-0.05, 0) is 30.5 Å². The first-order valence-corrected chi connectivity index (χ1v) is 6.14. The van der Waals surface area contributed by atoms with Crippen molar-refractivity contribution < 1.29 is 14.3 Å². The quantitative estimate of drug-likeness (QED) is 0.556. The average molecular weight is 257 g/mol. The van der Waals surface area contributed by atoms with Gasteiger partial charge in [0, 0.05) is 6.42 Å². The summed E-state index contributed by atoms with van der Waals surface area (Å²) in [5.74, 6) is 1.15. The molecule has 0 aliphatic rings. The van der Waals surface area contributed by atoms with Crippen molar-refractivity contribution in [3.63, 3.8) is 0 Å². The van der Waals surface area contributed by atoms with Crippen LogP contribution in [0.3, 0.4) is 0 Å². The molecule has 0 amide bonds. The van der Waals surface area contributed by atoms with Gasteiger partial charge in [0.15, 0.2) is 0 Å². The van der Waals surface area contributed by atoms with Crippen LogP contribution in [0.1, 0.15) is 18.4 Å². The van der Waals surface area contributed by atoms with Crippen molar-refractivity contribution in [3.05, 3.63) is 29.8 Å². The Hall–Kier alpha value is -1.22. The van der Waals surface area contributed by atoms with E-state index in [0.29, 0.717) is 18.9 Å². The van der Waals surface area contributed by atoms with Crippen LogP contribution in [0.4, 0.5) is 0 Å². The number of rotatable bonds is 7. The van der Waals surface area contributed by atoms with Crippen LogP contribution < -0.4 is 4.74 Å². The van der Waals surface area contributed by atoms with Crippen LogP contribution in [-0.2, 0) is 16.0 Å². The second-order valence-electron chi connectivity index (χ2n) is 3.61. The number of halogens is 1. The summed E-state index contributed by atoms with van der Waals surface area (Å²) in [6, 6.07) is 7.84. The van der Waals surface area contributed by atoms with Crippen molar-refractivity contribution in [2.75, 3.05) is 19.6 Å². The molecule has 0 heterocycles. The van der Waals surface area contributed by atoms with Crippen LogP contribution in [0.2, 0.25) is 0 Å². The van der Waals surface area contributed by atoms with Gasteiger partial charge in [-0.2, -0.15) is 0 Å². The first kappa shape index (κ1) is 13.8. The van der Waals surface area contributed by atoms with E-state index in [2.05, 4.69) is 4.74 Å². The number of methoxy groups -OCH3 is 1. The third-order valence-electron chi connectivity index (χ3n) is 2.34. The first-order valence-electron chi connectivity index (χ1n) is 5.61. The molecule has 0 fully saturated rings. The Labute approximate surface area is 107 Å². The highest BCUT2D eigenvalue weighted by molar-refractivity contribution is 6.17. The summed E-state index contributed by atoms with van der Waals surface area (Å²) < 4.78 is 9.94. The van der Waals surface area contributed by atoms with E-state index in [1.54, 1.807) is 0 Å². The summed E-state index contributed by atoms with van der Waals surface area (Å²) in [5, 5.41) is 0. The molecule has 0 atom stereocenters. The van der Waals surface area contributed by atoms with E-state index in [9.17, 15) is 4.79 Å². The summed E-state index contributed by atoms with van der Waals surface area (Å²) in [6.45, 7) is 0.517. The lowest BCUT2D eigenvalue weighted by Crippen LogP contribution is -2.00. The number of esters is 1. The highest BCUT2D eigenvalue weighted by Crippen LogP contribution is 2.14. The van der Waals surface area contributed by atoms with E-state index >= 15 is 0 Å². The Morgan fingerprint density at radius 2 is 2.00 bits per heavy atom. The molecule has 4 heteroatoms. The Balaban J connectivity index is 2.32. The zero-order valence-electron chi connectivity index (χ0n) is 9.95. The maximum atomic E-state index is 10.9. The van der Waals surface area contributed by atoms with Crippen molar-refractivity contribution in [3.8, 4) is 5.75 Å². The number of benzene rings is 1. The number of aryl methyl sites for hydroxylation is 1. The molecular weight excluding hydrogens is 240 g/mol. The van der Waals surface area contributed by atoms with Crippen LogP contribution in [0.25, 0.3) is 0 Å². The summed E-state index contributed by atoms with van der Waals surface area (Å²) in [7, 11) is 1.41. The molecule has 0 aliphatic heterocycles. The fourth-order valence-corrected chi connectivity index (χ4v) is 1.52. The molecule has 1 rings (SSSR count). The van der Waals surface area contributed by atoms with Gasteiger partial charge in [-0.3, -0.25) is 4.79 Å². The van der Waals surface area contributed by atoms with Crippen molar-refractivity contribution in [1.29, 1.82) is 0 Å². The van der Waals surface area contributed by atoms with E-state index in [4.69, 9.17) is 16.3 Å². The molecule has 0 N–H and O–H groups in total. The minimum absolute atomic E-state index is 0.160. The lowest BCUT2D eigenvalue weighted by atomic mass is 10.1. The molecule has 94 valence electrons. The minimum Gasteiger partial charge on any atom is -0.492 e. The van der Waals surface area contributed by atoms with Crippen molar-refractivity contribution in [2.24, 2.45) is 0 Å². The van der Waals surface area contributed by atoms with Crippen LogP contribution in [0.15, 0.2) is 24.3 Å². The molecule has 3 nitrogen and oxygen atoms in total. The maximum absolute atomic E-state index is 10.9. The van der Waals surface area contributed by atoms with Crippen LogP contribution in [0, 0.1) is 0 Å². The molecule has 0 bridgehead atoms. The summed E-state index contributed by atoms with van der Waals surface area (Å²) >= 11 is 5.53.